The zero-order valence-corrected chi connectivity index (χ0v) is 13.4. The van der Waals surface area contributed by atoms with E-state index in [1.165, 1.54) is 19.4 Å². The van der Waals surface area contributed by atoms with E-state index < -0.39 is 0 Å². The first-order chi connectivity index (χ1) is 10.2. The lowest BCUT2D eigenvalue weighted by atomic mass is 10.2. The minimum absolute atomic E-state index is 0.547. The number of aromatic nitrogens is 1. The predicted octanol–water partition coefficient (Wildman–Crippen LogP) is 1.56. The van der Waals surface area contributed by atoms with Gasteiger partial charge in [-0.25, -0.2) is 4.99 Å². The van der Waals surface area contributed by atoms with Crippen LogP contribution in [0.15, 0.2) is 21.8 Å². The van der Waals surface area contributed by atoms with Crippen LogP contribution < -0.4 is 5.32 Å². The molecule has 0 saturated carbocycles. The molecule has 1 aliphatic rings. The minimum Gasteiger partial charge on any atom is -0.364 e. The van der Waals surface area contributed by atoms with Crippen LogP contribution in [0.4, 0.5) is 0 Å². The Morgan fingerprint density at radius 2 is 2.43 bits per heavy atom. The smallest absolute Gasteiger partial charge is 0.194 e. The minimum atomic E-state index is 0.547. The van der Waals surface area contributed by atoms with Gasteiger partial charge in [0.25, 0.3) is 0 Å². The summed E-state index contributed by atoms with van der Waals surface area (Å²) in [6.45, 7) is 9.11. The SMILES string of the molecule is CCNC(=NCc1ccon1)N(C)CC1CCCN1CC. The molecule has 6 heteroatoms. The van der Waals surface area contributed by atoms with Crippen molar-refractivity contribution in [1.82, 2.24) is 20.3 Å². The van der Waals surface area contributed by atoms with E-state index >= 15 is 0 Å². The molecule has 1 fully saturated rings. The summed E-state index contributed by atoms with van der Waals surface area (Å²) < 4.78 is 4.84. The molecule has 1 N–H and O–H groups in total. The van der Waals surface area contributed by atoms with Crippen molar-refractivity contribution >= 4 is 5.96 Å². The molecule has 1 unspecified atom stereocenters. The summed E-state index contributed by atoms with van der Waals surface area (Å²) >= 11 is 0. The molecule has 0 radical (unpaired) electrons. The maximum Gasteiger partial charge on any atom is 0.194 e. The van der Waals surface area contributed by atoms with Gasteiger partial charge in [0.2, 0.25) is 0 Å². The van der Waals surface area contributed by atoms with E-state index in [-0.39, 0.29) is 0 Å². The maximum absolute atomic E-state index is 4.84. The summed E-state index contributed by atoms with van der Waals surface area (Å²) in [7, 11) is 2.11. The van der Waals surface area contributed by atoms with E-state index in [1.807, 2.05) is 6.07 Å². The third kappa shape index (κ3) is 4.46. The van der Waals surface area contributed by atoms with Crippen molar-refractivity contribution < 1.29 is 4.52 Å². The van der Waals surface area contributed by atoms with Crippen molar-refractivity contribution in [2.24, 2.45) is 4.99 Å². The zero-order chi connectivity index (χ0) is 15.1. The number of hydrogen-bond donors (Lipinski definition) is 1. The number of nitrogens with one attached hydrogen (secondary N) is 1. The molecule has 1 atom stereocenters. The van der Waals surface area contributed by atoms with Crippen molar-refractivity contribution in [3.63, 3.8) is 0 Å². The Kier molecular flexibility index (Phi) is 6.04. The molecule has 0 aliphatic carbocycles. The van der Waals surface area contributed by atoms with E-state index in [2.05, 4.69) is 46.2 Å². The standard InChI is InChI=1S/C15H27N5O/c1-4-16-15(17-11-13-8-10-21-18-13)19(3)12-14-7-6-9-20(14)5-2/h8,10,14H,4-7,9,11-12H2,1-3H3,(H,16,17). The highest BCUT2D eigenvalue weighted by Gasteiger charge is 2.24. The molecule has 21 heavy (non-hydrogen) atoms. The van der Waals surface area contributed by atoms with Crippen molar-refractivity contribution in [1.29, 1.82) is 0 Å². The van der Waals surface area contributed by atoms with Gasteiger partial charge in [-0.15, -0.1) is 0 Å². The number of likely N-dealkylation sites (tertiary alicyclic amines) is 1. The van der Waals surface area contributed by atoms with Gasteiger partial charge in [0, 0.05) is 32.2 Å². The normalized spacial score (nSPS) is 20.0. The fourth-order valence-electron chi connectivity index (χ4n) is 2.87. The van der Waals surface area contributed by atoms with Crippen LogP contribution in [0.25, 0.3) is 0 Å². The lowest BCUT2D eigenvalue weighted by molar-refractivity contribution is 0.232. The third-order valence-corrected chi connectivity index (χ3v) is 3.97. The lowest BCUT2D eigenvalue weighted by Gasteiger charge is -2.29. The second kappa shape index (κ2) is 8.02. The Morgan fingerprint density at radius 3 is 3.10 bits per heavy atom. The molecule has 2 heterocycles. The first-order valence-electron chi connectivity index (χ1n) is 7.87. The third-order valence-electron chi connectivity index (χ3n) is 3.97. The number of hydrogen-bond acceptors (Lipinski definition) is 4. The fourth-order valence-corrected chi connectivity index (χ4v) is 2.87. The van der Waals surface area contributed by atoms with Crippen molar-refractivity contribution in [3.8, 4) is 0 Å². The van der Waals surface area contributed by atoms with Crippen molar-refractivity contribution in [3.05, 3.63) is 18.0 Å². The molecule has 0 amide bonds. The Morgan fingerprint density at radius 1 is 1.57 bits per heavy atom. The van der Waals surface area contributed by atoms with Gasteiger partial charge in [0.05, 0.1) is 6.54 Å². The molecule has 1 aromatic rings. The van der Waals surface area contributed by atoms with Gasteiger partial charge in [-0.3, -0.25) is 4.90 Å². The van der Waals surface area contributed by atoms with Crippen molar-refractivity contribution in [2.75, 3.05) is 33.2 Å². The fraction of sp³-hybridized carbons (Fsp3) is 0.733. The lowest BCUT2D eigenvalue weighted by Crippen LogP contribution is -2.45. The Labute approximate surface area is 127 Å². The van der Waals surface area contributed by atoms with Gasteiger partial charge in [-0.1, -0.05) is 12.1 Å². The summed E-state index contributed by atoms with van der Waals surface area (Å²) in [6, 6.07) is 2.49. The molecule has 1 aliphatic heterocycles. The van der Waals surface area contributed by atoms with Gasteiger partial charge in [0.15, 0.2) is 5.96 Å². The quantitative estimate of drug-likeness (QED) is 0.637. The van der Waals surface area contributed by atoms with Crippen LogP contribution in [0, 0.1) is 0 Å². The monoisotopic (exact) mass is 293 g/mol. The van der Waals surface area contributed by atoms with E-state index in [1.54, 1.807) is 6.26 Å². The summed E-state index contributed by atoms with van der Waals surface area (Å²) in [5, 5.41) is 7.25. The number of guanidine groups is 1. The largest absolute Gasteiger partial charge is 0.364 e. The topological polar surface area (TPSA) is 56.9 Å². The summed E-state index contributed by atoms with van der Waals surface area (Å²) in [4.78, 5) is 9.42. The number of rotatable bonds is 6. The van der Waals surface area contributed by atoms with Gasteiger partial charge >= 0.3 is 0 Å². The van der Waals surface area contributed by atoms with Crippen LogP contribution in [0.3, 0.4) is 0 Å². The molecule has 6 nitrogen and oxygen atoms in total. The van der Waals surface area contributed by atoms with Crippen LogP contribution in [0.2, 0.25) is 0 Å². The highest BCUT2D eigenvalue weighted by molar-refractivity contribution is 5.79. The van der Waals surface area contributed by atoms with Gasteiger partial charge in [0.1, 0.15) is 12.0 Å². The Hall–Kier alpha value is -1.56. The Bertz CT molecular complexity index is 431. The van der Waals surface area contributed by atoms with E-state index in [4.69, 9.17) is 4.52 Å². The molecule has 2 rings (SSSR count). The van der Waals surface area contributed by atoms with Gasteiger partial charge in [-0.2, -0.15) is 0 Å². The maximum atomic E-state index is 4.84. The van der Waals surface area contributed by atoms with Crippen LogP contribution >= 0.6 is 0 Å². The Balaban J connectivity index is 1.94. The van der Waals surface area contributed by atoms with E-state index in [9.17, 15) is 0 Å². The van der Waals surface area contributed by atoms with Crippen LogP contribution in [0.5, 0.6) is 0 Å². The highest BCUT2D eigenvalue weighted by atomic mass is 16.5. The number of likely N-dealkylation sites (N-methyl/N-ethyl adjacent to an activating group) is 2. The molecule has 0 bridgehead atoms. The molecular weight excluding hydrogens is 266 g/mol. The number of nitrogens with zero attached hydrogens (tertiary/aromatic N) is 4. The van der Waals surface area contributed by atoms with Crippen LogP contribution in [-0.4, -0.2) is 60.2 Å². The van der Waals surface area contributed by atoms with Gasteiger partial charge < -0.3 is 14.7 Å². The molecule has 1 saturated heterocycles. The summed E-state index contributed by atoms with van der Waals surface area (Å²) in [5.74, 6) is 0.934. The van der Waals surface area contributed by atoms with Crippen molar-refractivity contribution in [2.45, 2.75) is 39.3 Å². The zero-order valence-electron chi connectivity index (χ0n) is 13.4. The molecular formula is C15H27N5O. The second-order valence-electron chi connectivity index (χ2n) is 5.47. The average molecular weight is 293 g/mol. The molecule has 0 spiro atoms. The first-order valence-corrected chi connectivity index (χ1v) is 7.87. The summed E-state index contributed by atoms with van der Waals surface area (Å²) in [5.41, 5.74) is 0.856. The molecule has 1 aromatic heterocycles. The summed E-state index contributed by atoms with van der Waals surface area (Å²) in [6.07, 6.45) is 4.17. The van der Waals surface area contributed by atoms with E-state index in [0.717, 1.165) is 31.3 Å². The predicted molar refractivity (Wildman–Crippen MR) is 84.2 cm³/mol. The molecule has 118 valence electrons. The van der Waals surface area contributed by atoms with Gasteiger partial charge in [-0.05, 0) is 32.9 Å². The van der Waals surface area contributed by atoms with E-state index in [0.29, 0.717) is 12.6 Å². The average Bonchev–Trinajstić information content (AvgIpc) is 3.14. The first kappa shape index (κ1) is 15.8. The molecule has 0 aromatic carbocycles. The second-order valence-corrected chi connectivity index (χ2v) is 5.47. The van der Waals surface area contributed by atoms with Crippen LogP contribution in [0.1, 0.15) is 32.4 Å². The highest BCUT2D eigenvalue weighted by Crippen LogP contribution is 2.17. The van der Waals surface area contributed by atoms with Crippen LogP contribution in [-0.2, 0) is 6.54 Å². The number of aliphatic imine (C=N–C) groups is 1.